The Hall–Kier alpha value is -2.30. The van der Waals surface area contributed by atoms with E-state index >= 15 is 0 Å². The number of nitrogens with zero attached hydrogens (tertiary/aromatic N) is 1. The maximum Gasteiger partial charge on any atom is 0.307 e. The van der Waals surface area contributed by atoms with Gasteiger partial charge in [0.05, 0.1) is 12.2 Å². The van der Waals surface area contributed by atoms with Crippen LogP contribution < -0.4 is 0 Å². The van der Waals surface area contributed by atoms with Gasteiger partial charge in [0.25, 0.3) is 0 Å². The van der Waals surface area contributed by atoms with E-state index < -0.39 is 5.97 Å². The monoisotopic (exact) mass is 401 g/mol. The van der Waals surface area contributed by atoms with Gasteiger partial charge in [0.1, 0.15) is 6.61 Å². The smallest absolute Gasteiger partial charge is 0.307 e. The lowest BCUT2D eigenvalue weighted by molar-refractivity contribution is -0.143. The summed E-state index contributed by atoms with van der Waals surface area (Å²) in [4.78, 5) is 13.4. The first-order chi connectivity index (χ1) is 13.1. The topological polar surface area (TPSA) is 49.8 Å². The SMILES string of the molecule is Cc1ccccc1/C(=C\OCCN1CCC[C@@H](C(=O)O)C1)c1ccccc1.Cl. The second-order valence-electron chi connectivity index (χ2n) is 7.06. The number of aliphatic carboxylic acids is 1. The van der Waals surface area contributed by atoms with Gasteiger partial charge in [-0.15, -0.1) is 12.4 Å². The molecule has 0 amide bonds. The van der Waals surface area contributed by atoms with Crippen LogP contribution in [0.1, 0.15) is 29.5 Å². The van der Waals surface area contributed by atoms with Crippen molar-refractivity contribution in [3.05, 3.63) is 77.5 Å². The quantitative estimate of drug-likeness (QED) is 0.543. The Kier molecular flexibility index (Phi) is 8.55. The Morgan fingerprint density at radius 1 is 1.18 bits per heavy atom. The van der Waals surface area contributed by atoms with Crippen LogP contribution in [0.15, 0.2) is 60.9 Å². The predicted octanol–water partition coefficient (Wildman–Crippen LogP) is 4.62. The number of rotatable bonds is 7. The molecule has 0 unspecified atom stereocenters. The van der Waals surface area contributed by atoms with Gasteiger partial charge < -0.3 is 9.84 Å². The van der Waals surface area contributed by atoms with Crippen molar-refractivity contribution in [2.75, 3.05) is 26.2 Å². The summed E-state index contributed by atoms with van der Waals surface area (Å²) < 4.78 is 5.91. The summed E-state index contributed by atoms with van der Waals surface area (Å²) in [6.45, 7) is 4.96. The van der Waals surface area contributed by atoms with E-state index in [2.05, 4.69) is 36.1 Å². The van der Waals surface area contributed by atoms with Gasteiger partial charge in [-0.3, -0.25) is 9.69 Å². The number of aryl methyl sites for hydroxylation is 1. The molecule has 1 N–H and O–H groups in total. The van der Waals surface area contributed by atoms with Crippen LogP contribution in [-0.4, -0.2) is 42.2 Å². The highest BCUT2D eigenvalue weighted by atomic mass is 35.5. The normalized spacial score (nSPS) is 17.6. The minimum Gasteiger partial charge on any atom is -0.499 e. The number of carboxylic acids is 1. The fourth-order valence-electron chi connectivity index (χ4n) is 3.56. The minimum atomic E-state index is -0.688. The molecule has 2 aromatic carbocycles. The molecule has 4 nitrogen and oxygen atoms in total. The Morgan fingerprint density at radius 2 is 1.89 bits per heavy atom. The van der Waals surface area contributed by atoms with Crippen LogP contribution in [0.5, 0.6) is 0 Å². The van der Waals surface area contributed by atoms with Crippen LogP contribution in [0, 0.1) is 12.8 Å². The van der Waals surface area contributed by atoms with E-state index in [1.54, 1.807) is 0 Å². The van der Waals surface area contributed by atoms with Crippen LogP contribution >= 0.6 is 12.4 Å². The van der Waals surface area contributed by atoms with Crippen LogP contribution in [0.4, 0.5) is 0 Å². The number of hydrogen-bond acceptors (Lipinski definition) is 3. The van der Waals surface area contributed by atoms with E-state index in [0.29, 0.717) is 13.2 Å². The van der Waals surface area contributed by atoms with Crippen LogP contribution in [0.3, 0.4) is 0 Å². The third-order valence-corrected chi connectivity index (χ3v) is 5.10. The van der Waals surface area contributed by atoms with E-state index in [1.807, 2.05) is 36.6 Å². The van der Waals surface area contributed by atoms with Crippen LogP contribution in [-0.2, 0) is 9.53 Å². The molecule has 0 aliphatic carbocycles. The highest BCUT2D eigenvalue weighted by Gasteiger charge is 2.24. The van der Waals surface area contributed by atoms with Gasteiger partial charge in [0.2, 0.25) is 0 Å². The third kappa shape index (κ3) is 5.85. The zero-order chi connectivity index (χ0) is 19.1. The Morgan fingerprint density at radius 3 is 2.61 bits per heavy atom. The molecule has 150 valence electrons. The van der Waals surface area contributed by atoms with Gasteiger partial charge >= 0.3 is 5.97 Å². The molecule has 1 saturated heterocycles. The number of halogens is 1. The molecule has 1 atom stereocenters. The summed E-state index contributed by atoms with van der Waals surface area (Å²) in [5.41, 5.74) is 4.55. The van der Waals surface area contributed by atoms with Crippen molar-refractivity contribution in [1.82, 2.24) is 4.90 Å². The molecule has 5 heteroatoms. The van der Waals surface area contributed by atoms with Crippen molar-refractivity contribution >= 4 is 23.9 Å². The molecule has 0 bridgehead atoms. The molecule has 2 aromatic rings. The number of carbonyl (C=O) groups is 1. The van der Waals surface area contributed by atoms with Crippen molar-refractivity contribution in [2.24, 2.45) is 5.92 Å². The lowest BCUT2D eigenvalue weighted by Gasteiger charge is -2.30. The van der Waals surface area contributed by atoms with Crippen molar-refractivity contribution < 1.29 is 14.6 Å². The number of hydrogen-bond donors (Lipinski definition) is 1. The average molecular weight is 402 g/mol. The molecule has 0 saturated carbocycles. The maximum absolute atomic E-state index is 11.2. The average Bonchev–Trinajstić information content (AvgIpc) is 2.70. The van der Waals surface area contributed by atoms with Crippen molar-refractivity contribution in [2.45, 2.75) is 19.8 Å². The maximum atomic E-state index is 11.2. The number of carboxylic acid groups (broad SMARTS) is 1. The molecular formula is C23H28ClNO3. The molecule has 1 aliphatic heterocycles. The number of piperidine rings is 1. The Bertz CT molecular complexity index is 791. The summed E-state index contributed by atoms with van der Waals surface area (Å²) in [6, 6.07) is 18.5. The fraction of sp³-hybridized carbons (Fsp3) is 0.348. The lowest BCUT2D eigenvalue weighted by atomic mass is 9.95. The molecule has 3 rings (SSSR count). The molecule has 1 fully saturated rings. The van der Waals surface area contributed by atoms with E-state index in [4.69, 9.17) is 4.74 Å². The zero-order valence-corrected chi connectivity index (χ0v) is 17.0. The minimum absolute atomic E-state index is 0. The van der Waals surface area contributed by atoms with Gasteiger partial charge in [-0.05, 0) is 43.0 Å². The zero-order valence-electron chi connectivity index (χ0n) is 16.2. The van der Waals surface area contributed by atoms with Gasteiger partial charge in [-0.25, -0.2) is 0 Å². The van der Waals surface area contributed by atoms with Gasteiger partial charge in [-0.1, -0.05) is 54.6 Å². The summed E-state index contributed by atoms with van der Waals surface area (Å²) in [7, 11) is 0. The van der Waals surface area contributed by atoms with Crippen LogP contribution in [0.25, 0.3) is 5.57 Å². The van der Waals surface area contributed by atoms with Crippen molar-refractivity contribution in [3.8, 4) is 0 Å². The Labute approximate surface area is 173 Å². The molecule has 28 heavy (non-hydrogen) atoms. The fourth-order valence-corrected chi connectivity index (χ4v) is 3.56. The van der Waals surface area contributed by atoms with Gasteiger partial charge in [0, 0.05) is 18.7 Å². The lowest BCUT2D eigenvalue weighted by Crippen LogP contribution is -2.40. The van der Waals surface area contributed by atoms with Gasteiger partial charge in [-0.2, -0.15) is 0 Å². The van der Waals surface area contributed by atoms with Crippen LogP contribution in [0.2, 0.25) is 0 Å². The van der Waals surface area contributed by atoms with Gasteiger partial charge in [0.15, 0.2) is 0 Å². The summed E-state index contributed by atoms with van der Waals surface area (Å²) >= 11 is 0. The van der Waals surface area contributed by atoms with Crippen molar-refractivity contribution in [1.29, 1.82) is 0 Å². The molecule has 1 heterocycles. The molecule has 0 radical (unpaired) electrons. The first-order valence-electron chi connectivity index (χ1n) is 9.53. The summed E-state index contributed by atoms with van der Waals surface area (Å²) in [6.07, 6.45) is 3.56. The summed E-state index contributed by atoms with van der Waals surface area (Å²) in [5, 5.41) is 9.21. The Balaban J connectivity index is 0.00000280. The second kappa shape index (κ2) is 10.9. The number of likely N-dealkylation sites (tertiary alicyclic amines) is 1. The van der Waals surface area contributed by atoms with Crippen molar-refractivity contribution in [3.63, 3.8) is 0 Å². The molecular weight excluding hydrogens is 374 g/mol. The van der Waals surface area contributed by atoms with E-state index in [9.17, 15) is 9.90 Å². The number of ether oxygens (including phenoxy) is 1. The highest BCUT2D eigenvalue weighted by molar-refractivity contribution is 5.85. The first-order valence-corrected chi connectivity index (χ1v) is 9.53. The van der Waals surface area contributed by atoms with E-state index in [0.717, 1.165) is 42.6 Å². The molecule has 0 spiro atoms. The van der Waals surface area contributed by atoms with E-state index in [-0.39, 0.29) is 18.3 Å². The molecule has 0 aromatic heterocycles. The standard InChI is InChI=1S/C23H27NO3.ClH/c1-18-8-5-6-12-21(18)22(19-9-3-2-4-10-19)17-27-15-14-24-13-7-11-20(16-24)23(25)26;/h2-6,8-10,12,17,20H,7,11,13-16H2,1H3,(H,25,26);1H/b22-17-;/t20-;/m1./s1. The number of benzene rings is 2. The largest absolute Gasteiger partial charge is 0.499 e. The first kappa shape index (κ1) is 22.0. The molecule has 1 aliphatic rings. The third-order valence-electron chi connectivity index (χ3n) is 5.10. The highest BCUT2D eigenvalue weighted by Crippen LogP contribution is 2.26. The van der Waals surface area contributed by atoms with E-state index in [1.165, 1.54) is 5.56 Å². The predicted molar refractivity (Wildman–Crippen MR) is 115 cm³/mol. The summed E-state index contributed by atoms with van der Waals surface area (Å²) in [5.74, 6) is -0.937. The second-order valence-corrected chi connectivity index (χ2v) is 7.06.